The van der Waals surface area contributed by atoms with E-state index in [1.165, 1.54) is 12.3 Å². The number of H-pyrrole nitrogens is 1. The summed E-state index contributed by atoms with van der Waals surface area (Å²) in [6, 6.07) is 5.92. The molecule has 15 heteroatoms. The van der Waals surface area contributed by atoms with Crippen molar-refractivity contribution in [2.24, 2.45) is 0 Å². The molecule has 5 rings (SSSR count). The Bertz CT molecular complexity index is 1240. The second-order valence-electron chi connectivity index (χ2n) is 8.26. The number of tetrazole rings is 1. The van der Waals surface area contributed by atoms with E-state index < -0.39 is 24.6 Å². The molecular weight excluding hydrogens is 472 g/mol. The molecule has 5 N–H and O–H groups in total. The molecule has 3 aromatic heterocycles. The molecule has 5 heterocycles. The summed E-state index contributed by atoms with van der Waals surface area (Å²) in [4.78, 5) is 38.5. The third-order valence-corrected chi connectivity index (χ3v) is 5.82. The Kier molecular flexibility index (Phi) is 6.55. The largest absolute Gasteiger partial charge is 0.491 e. The molecule has 0 saturated carbocycles. The highest BCUT2D eigenvalue weighted by molar-refractivity contribution is 6.05. The van der Waals surface area contributed by atoms with Crippen LogP contribution in [0.1, 0.15) is 22.7 Å². The van der Waals surface area contributed by atoms with E-state index in [-0.39, 0.29) is 30.7 Å². The van der Waals surface area contributed by atoms with Gasteiger partial charge in [-0.15, -0.1) is 10.2 Å². The third-order valence-electron chi connectivity index (χ3n) is 5.82. The van der Waals surface area contributed by atoms with Crippen molar-refractivity contribution in [1.82, 2.24) is 35.9 Å². The fraction of sp³-hybridized carbons (Fsp3) is 0.381. The van der Waals surface area contributed by atoms with Crippen LogP contribution >= 0.6 is 0 Å². The number of fused-ring (bicyclic) bond motifs is 4. The second-order valence-corrected chi connectivity index (χ2v) is 8.26. The zero-order valence-corrected chi connectivity index (χ0v) is 19.0. The first-order valence-corrected chi connectivity index (χ1v) is 11.3. The molecule has 1 unspecified atom stereocenters. The van der Waals surface area contributed by atoms with E-state index in [1.54, 1.807) is 23.1 Å². The van der Waals surface area contributed by atoms with Gasteiger partial charge in [-0.1, -0.05) is 5.21 Å². The maximum atomic E-state index is 13.4. The fourth-order valence-corrected chi connectivity index (χ4v) is 4.09. The highest BCUT2D eigenvalue weighted by atomic mass is 16.5. The minimum atomic E-state index is -1.02. The first-order valence-electron chi connectivity index (χ1n) is 11.3. The van der Waals surface area contributed by atoms with Gasteiger partial charge in [-0.05, 0) is 24.6 Å². The summed E-state index contributed by atoms with van der Waals surface area (Å²) in [5, 5.41) is 37.2. The number of pyridine rings is 2. The van der Waals surface area contributed by atoms with Crippen LogP contribution in [0.3, 0.4) is 0 Å². The molecule has 1 saturated heterocycles. The Morgan fingerprint density at radius 2 is 2.19 bits per heavy atom. The SMILES string of the molecule is O=C(NCc1nn[nH]n1)c1ccc2c(n1)N(C(=O)Nc1cc(OC[C@H](O)CO)ccn1)C1CCN2C1. The van der Waals surface area contributed by atoms with Crippen LogP contribution < -0.4 is 25.2 Å². The number of aliphatic hydroxyl groups excluding tert-OH is 2. The number of hydrogen-bond donors (Lipinski definition) is 5. The van der Waals surface area contributed by atoms with E-state index in [4.69, 9.17) is 9.84 Å². The number of aromatic amines is 1. The van der Waals surface area contributed by atoms with Crippen LogP contribution in [0, 0.1) is 0 Å². The number of anilines is 3. The number of nitrogens with one attached hydrogen (secondary N) is 3. The number of nitrogens with zero attached hydrogens (tertiary/aromatic N) is 7. The number of urea groups is 1. The lowest BCUT2D eigenvalue weighted by Gasteiger charge is -2.35. The molecule has 0 aromatic carbocycles. The summed E-state index contributed by atoms with van der Waals surface area (Å²) >= 11 is 0. The van der Waals surface area contributed by atoms with Gasteiger partial charge >= 0.3 is 6.03 Å². The van der Waals surface area contributed by atoms with Crippen LogP contribution in [0.2, 0.25) is 0 Å². The molecule has 2 bridgehead atoms. The smallest absolute Gasteiger partial charge is 0.329 e. The van der Waals surface area contributed by atoms with E-state index in [0.29, 0.717) is 23.9 Å². The van der Waals surface area contributed by atoms with E-state index in [2.05, 4.69) is 46.1 Å². The van der Waals surface area contributed by atoms with Crippen LogP contribution in [0.15, 0.2) is 30.5 Å². The number of amides is 3. The van der Waals surface area contributed by atoms with Gasteiger partial charge in [0.15, 0.2) is 11.6 Å². The van der Waals surface area contributed by atoms with E-state index in [1.807, 2.05) is 0 Å². The van der Waals surface area contributed by atoms with Crippen molar-refractivity contribution in [3.63, 3.8) is 0 Å². The molecule has 2 aliphatic heterocycles. The third kappa shape index (κ3) is 4.87. The van der Waals surface area contributed by atoms with Gasteiger partial charge in [0.05, 0.1) is 24.9 Å². The molecule has 2 aliphatic rings. The van der Waals surface area contributed by atoms with Gasteiger partial charge in [0.1, 0.15) is 30.0 Å². The van der Waals surface area contributed by atoms with Gasteiger partial charge in [-0.3, -0.25) is 15.0 Å². The van der Waals surface area contributed by atoms with Crippen molar-refractivity contribution in [1.29, 1.82) is 0 Å². The second kappa shape index (κ2) is 10.1. The molecular formula is C21H24N10O5. The molecule has 188 valence electrons. The van der Waals surface area contributed by atoms with Gasteiger partial charge in [0, 0.05) is 25.4 Å². The Balaban J connectivity index is 1.34. The summed E-state index contributed by atoms with van der Waals surface area (Å²) in [6.45, 7) is 0.965. The van der Waals surface area contributed by atoms with Crippen molar-refractivity contribution in [3.8, 4) is 5.75 Å². The lowest BCUT2D eigenvalue weighted by Crippen LogP contribution is -2.48. The highest BCUT2D eigenvalue weighted by Crippen LogP contribution is 2.39. The molecule has 0 aliphatic carbocycles. The number of aromatic nitrogens is 6. The van der Waals surface area contributed by atoms with Crippen molar-refractivity contribution < 1.29 is 24.5 Å². The standard InChI is InChI=1S/C21H24N10O5/c32-10-13(33)11-36-14-3-5-22-17(7-14)25-21(35)31-12-4-6-30(9-12)16-2-1-15(24-19(16)31)20(34)23-8-18-26-28-29-27-18/h1-3,5,7,12-13,32-33H,4,6,8-11H2,(H,23,34)(H,22,25,35)(H,26,27,28,29)/t12?,13-/m1/s1. The van der Waals surface area contributed by atoms with Crippen molar-refractivity contribution in [2.45, 2.75) is 25.1 Å². The van der Waals surface area contributed by atoms with Crippen LogP contribution in [0.5, 0.6) is 5.75 Å². The number of aliphatic hydroxyl groups is 2. The van der Waals surface area contributed by atoms with E-state index in [9.17, 15) is 14.7 Å². The van der Waals surface area contributed by atoms with E-state index >= 15 is 0 Å². The number of ether oxygens (including phenoxy) is 1. The average Bonchev–Trinajstić information content (AvgIpc) is 3.57. The monoisotopic (exact) mass is 496 g/mol. The molecule has 1 fully saturated rings. The molecule has 2 atom stereocenters. The Hall–Kier alpha value is -4.37. The van der Waals surface area contributed by atoms with Crippen LogP contribution in [-0.2, 0) is 6.54 Å². The summed E-state index contributed by atoms with van der Waals surface area (Å²) in [5.74, 6) is 0.889. The van der Waals surface area contributed by atoms with Gasteiger partial charge < -0.3 is 25.2 Å². The number of hydrogen-bond acceptors (Lipinski definition) is 11. The lowest BCUT2D eigenvalue weighted by molar-refractivity contribution is 0.0536. The molecule has 3 aromatic rings. The van der Waals surface area contributed by atoms with Crippen molar-refractivity contribution >= 4 is 29.3 Å². The number of rotatable bonds is 8. The van der Waals surface area contributed by atoms with Gasteiger partial charge in [-0.25, -0.2) is 14.8 Å². The van der Waals surface area contributed by atoms with Crippen LogP contribution in [0.25, 0.3) is 0 Å². The van der Waals surface area contributed by atoms with Gasteiger partial charge in [0.25, 0.3) is 5.91 Å². The Labute approximate surface area is 204 Å². The minimum Gasteiger partial charge on any atom is -0.491 e. The lowest BCUT2D eigenvalue weighted by atomic mass is 10.1. The topological polar surface area (TPSA) is 195 Å². The maximum absolute atomic E-state index is 13.4. The minimum absolute atomic E-state index is 0.0759. The zero-order valence-electron chi connectivity index (χ0n) is 19.0. The normalized spacial score (nSPS) is 16.9. The predicted octanol–water partition coefficient (Wildman–Crippen LogP) is -0.718. The predicted molar refractivity (Wildman–Crippen MR) is 125 cm³/mol. The van der Waals surface area contributed by atoms with Crippen LogP contribution in [-0.4, -0.2) is 91.2 Å². The molecule has 0 radical (unpaired) electrons. The quantitative estimate of drug-likeness (QED) is 0.264. The fourth-order valence-electron chi connectivity index (χ4n) is 4.09. The average molecular weight is 496 g/mol. The first-order chi connectivity index (χ1) is 17.5. The van der Waals surface area contributed by atoms with Crippen molar-refractivity contribution in [2.75, 3.05) is 41.4 Å². The number of carbonyl (C=O) groups excluding carboxylic acids is 2. The van der Waals surface area contributed by atoms with Crippen molar-refractivity contribution in [3.05, 3.63) is 42.0 Å². The first kappa shape index (κ1) is 23.4. The molecule has 0 spiro atoms. The summed E-state index contributed by atoms with van der Waals surface area (Å²) in [6.07, 6.45) is 1.19. The molecule has 15 nitrogen and oxygen atoms in total. The highest BCUT2D eigenvalue weighted by Gasteiger charge is 2.40. The van der Waals surface area contributed by atoms with Gasteiger partial charge in [0.2, 0.25) is 0 Å². The molecule has 3 amide bonds. The van der Waals surface area contributed by atoms with E-state index in [0.717, 1.165) is 18.7 Å². The Morgan fingerprint density at radius 3 is 3.00 bits per heavy atom. The maximum Gasteiger partial charge on any atom is 0.329 e. The van der Waals surface area contributed by atoms with Crippen LogP contribution in [0.4, 0.5) is 22.1 Å². The Morgan fingerprint density at radius 1 is 1.31 bits per heavy atom. The van der Waals surface area contributed by atoms with Gasteiger partial charge in [-0.2, -0.15) is 5.21 Å². The number of carbonyl (C=O) groups is 2. The zero-order chi connectivity index (χ0) is 25.1. The summed E-state index contributed by atoms with van der Waals surface area (Å²) in [5.41, 5.74) is 0.908. The summed E-state index contributed by atoms with van der Waals surface area (Å²) < 4.78 is 5.43. The summed E-state index contributed by atoms with van der Waals surface area (Å²) in [7, 11) is 0. The molecule has 36 heavy (non-hydrogen) atoms.